The molecule has 3 amide bonds. The number of nitrogens with one attached hydrogen (secondary N) is 2. The van der Waals surface area contributed by atoms with Gasteiger partial charge >= 0.3 is 12.1 Å². The monoisotopic (exact) mass is 402 g/mol. The van der Waals surface area contributed by atoms with Gasteiger partial charge in [-0.1, -0.05) is 24.3 Å². The molecule has 0 atom stereocenters. The molecule has 0 saturated heterocycles. The van der Waals surface area contributed by atoms with Gasteiger partial charge in [0, 0.05) is 17.1 Å². The number of aromatic hydroxyl groups is 1. The molecule has 0 heterocycles. The summed E-state index contributed by atoms with van der Waals surface area (Å²) in [6, 6.07) is 13.6. The van der Waals surface area contributed by atoms with E-state index >= 15 is 0 Å². The van der Waals surface area contributed by atoms with Crippen molar-refractivity contribution in [2.45, 2.75) is 4.90 Å². The topological polar surface area (TPSA) is 142 Å². The van der Waals surface area contributed by atoms with Crippen molar-refractivity contribution in [1.82, 2.24) is 5.32 Å². The summed E-state index contributed by atoms with van der Waals surface area (Å²) >= 11 is 0. The lowest BCUT2D eigenvalue weighted by molar-refractivity contribution is 0.199. The summed E-state index contributed by atoms with van der Waals surface area (Å²) in [7, 11) is -4.48. The van der Waals surface area contributed by atoms with Gasteiger partial charge in [-0.05, 0) is 35.7 Å². The third kappa shape index (κ3) is 4.55. The molecule has 0 spiro atoms. The van der Waals surface area contributed by atoms with E-state index in [1.807, 2.05) is 5.32 Å². The first-order chi connectivity index (χ1) is 13.2. The van der Waals surface area contributed by atoms with E-state index in [1.165, 1.54) is 24.3 Å². The molecule has 0 bridgehead atoms. The van der Waals surface area contributed by atoms with Crippen LogP contribution in [0.15, 0.2) is 65.6 Å². The number of carbonyl (C=O) groups excluding carboxylic acids is 2. The minimum absolute atomic E-state index is 0.229. The second kappa shape index (κ2) is 7.55. The van der Waals surface area contributed by atoms with Gasteiger partial charge in [0.25, 0.3) is 10.1 Å². The molecule has 28 heavy (non-hydrogen) atoms. The van der Waals surface area contributed by atoms with Gasteiger partial charge in [0.05, 0.1) is 4.90 Å². The number of phenolic OH excluding ortho intramolecular Hbond substituents is 1. The maximum absolute atomic E-state index is 11.9. The third-order valence-electron chi connectivity index (χ3n) is 3.63. The fourth-order valence-electron chi connectivity index (χ4n) is 2.41. The molecule has 0 aliphatic heterocycles. The van der Waals surface area contributed by atoms with Crippen LogP contribution in [0.25, 0.3) is 10.8 Å². The smallest absolute Gasteiger partial charge is 0.420 e. The van der Waals surface area contributed by atoms with Crippen LogP contribution in [-0.4, -0.2) is 30.2 Å². The average molecular weight is 402 g/mol. The zero-order valence-corrected chi connectivity index (χ0v) is 14.9. The number of hydrogen-bond donors (Lipinski definition) is 4. The van der Waals surface area contributed by atoms with E-state index in [4.69, 9.17) is 9.29 Å². The van der Waals surface area contributed by atoms with Gasteiger partial charge in [0.15, 0.2) is 0 Å². The Hall–Kier alpha value is -3.63. The Bertz CT molecular complexity index is 1160. The Labute approximate surface area is 159 Å². The van der Waals surface area contributed by atoms with Crippen molar-refractivity contribution in [3.8, 4) is 11.5 Å². The predicted octanol–water partition coefficient (Wildman–Crippen LogP) is 3.11. The first kappa shape index (κ1) is 19.1. The first-order valence-corrected chi connectivity index (χ1v) is 9.25. The highest BCUT2D eigenvalue weighted by atomic mass is 32.2. The minimum Gasteiger partial charge on any atom is -0.507 e. The number of anilines is 1. The van der Waals surface area contributed by atoms with Crippen molar-refractivity contribution < 1.29 is 32.4 Å². The highest BCUT2D eigenvalue weighted by molar-refractivity contribution is 7.85. The minimum atomic E-state index is -4.48. The van der Waals surface area contributed by atoms with Gasteiger partial charge in [-0.15, -0.1) is 0 Å². The highest BCUT2D eigenvalue weighted by Gasteiger charge is 2.15. The van der Waals surface area contributed by atoms with Gasteiger partial charge in [-0.25, -0.2) is 14.9 Å². The van der Waals surface area contributed by atoms with Crippen LogP contribution in [0.1, 0.15) is 0 Å². The number of fused-ring (bicyclic) bond motifs is 1. The summed E-state index contributed by atoms with van der Waals surface area (Å²) in [6.07, 6.45) is -0.981. The molecule has 9 nitrogen and oxygen atoms in total. The van der Waals surface area contributed by atoms with Crippen LogP contribution in [-0.2, 0) is 10.1 Å². The molecule has 0 saturated carbocycles. The molecule has 0 radical (unpaired) electrons. The maximum atomic E-state index is 11.9. The van der Waals surface area contributed by atoms with E-state index in [0.717, 1.165) is 6.07 Å². The molecule has 3 aromatic rings. The molecular formula is C18H14N2O7S. The van der Waals surface area contributed by atoms with Crippen LogP contribution in [0.2, 0.25) is 0 Å². The second-order valence-corrected chi connectivity index (χ2v) is 7.06. The van der Waals surface area contributed by atoms with Crippen LogP contribution in [0, 0.1) is 0 Å². The number of phenols is 1. The van der Waals surface area contributed by atoms with E-state index in [0.29, 0.717) is 5.39 Å². The summed E-state index contributed by atoms with van der Waals surface area (Å²) in [4.78, 5) is 23.2. The predicted molar refractivity (Wildman–Crippen MR) is 100 cm³/mol. The number of urea groups is 1. The van der Waals surface area contributed by atoms with Crippen molar-refractivity contribution in [1.29, 1.82) is 0 Å². The molecular weight excluding hydrogens is 388 g/mol. The molecule has 4 N–H and O–H groups in total. The number of amides is 3. The molecule has 10 heteroatoms. The summed E-state index contributed by atoms with van der Waals surface area (Å²) in [5.41, 5.74) is 0.229. The van der Waals surface area contributed by atoms with Crippen LogP contribution in [0.3, 0.4) is 0 Å². The number of carbonyl (C=O) groups is 2. The molecule has 0 fully saturated rings. The lowest BCUT2D eigenvalue weighted by Gasteiger charge is -2.09. The van der Waals surface area contributed by atoms with Crippen molar-refractivity contribution in [3.05, 3.63) is 60.7 Å². The Kier molecular flexibility index (Phi) is 5.16. The molecule has 0 unspecified atom stereocenters. The van der Waals surface area contributed by atoms with Crippen molar-refractivity contribution in [2.24, 2.45) is 0 Å². The van der Waals surface area contributed by atoms with Crippen molar-refractivity contribution in [2.75, 3.05) is 5.32 Å². The first-order valence-electron chi connectivity index (χ1n) is 7.81. The molecule has 0 aliphatic carbocycles. The number of para-hydroxylation sites is 1. The van der Waals surface area contributed by atoms with E-state index in [9.17, 15) is 23.1 Å². The lowest BCUT2D eigenvalue weighted by atomic mass is 10.1. The summed E-state index contributed by atoms with van der Waals surface area (Å²) in [5, 5.41) is 14.9. The van der Waals surface area contributed by atoms with Crippen LogP contribution < -0.4 is 15.4 Å². The van der Waals surface area contributed by atoms with Crippen LogP contribution in [0.5, 0.6) is 11.5 Å². The zero-order chi connectivity index (χ0) is 20.3. The molecule has 144 valence electrons. The van der Waals surface area contributed by atoms with E-state index in [-0.39, 0.29) is 16.8 Å². The van der Waals surface area contributed by atoms with Crippen LogP contribution in [0.4, 0.5) is 15.3 Å². The quantitative estimate of drug-likeness (QED) is 0.493. The number of imide groups is 1. The fourth-order valence-corrected chi connectivity index (χ4v) is 2.95. The number of rotatable bonds is 3. The average Bonchev–Trinajstić information content (AvgIpc) is 2.62. The number of hydrogen-bond acceptors (Lipinski definition) is 6. The Balaban J connectivity index is 1.72. The van der Waals surface area contributed by atoms with Gasteiger partial charge < -0.3 is 15.2 Å². The Morgan fingerprint density at radius 1 is 0.964 bits per heavy atom. The summed E-state index contributed by atoms with van der Waals surface area (Å²) in [6.45, 7) is 0. The SMILES string of the molecule is O=C(NC(=O)Oc1ccccc1)Nc1ccc2cc(S(=O)(=O)O)cc(O)c2c1. The van der Waals surface area contributed by atoms with Gasteiger partial charge in [0.2, 0.25) is 0 Å². The van der Waals surface area contributed by atoms with Crippen LogP contribution >= 0.6 is 0 Å². The van der Waals surface area contributed by atoms with Gasteiger partial charge in [-0.3, -0.25) is 4.55 Å². The summed E-state index contributed by atoms with van der Waals surface area (Å²) < 4.78 is 36.4. The Morgan fingerprint density at radius 3 is 2.36 bits per heavy atom. The molecule has 0 aromatic heterocycles. The second-order valence-electron chi connectivity index (χ2n) is 5.64. The largest absolute Gasteiger partial charge is 0.507 e. The van der Waals surface area contributed by atoms with Crippen molar-refractivity contribution in [3.63, 3.8) is 0 Å². The highest BCUT2D eigenvalue weighted by Crippen LogP contribution is 2.30. The zero-order valence-electron chi connectivity index (χ0n) is 14.1. The lowest BCUT2D eigenvalue weighted by Crippen LogP contribution is -2.36. The third-order valence-corrected chi connectivity index (χ3v) is 4.46. The fraction of sp³-hybridized carbons (Fsp3) is 0. The van der Waals surface area contributed by atoms with E-state index < -0.39 is 32.9 Å². The van der Waals surface area contributed by atoms with Gasteiger partial charge in [-0.2, -0.15) is 8.42 Å². The standard InChI is InChI=1S/C18H14N2O7S/c21-16-10-14(28(24,25)26)8-11-6-7-12(9-15(11)16)19-17(22)20-18(23)27-13-4-2-1-3-5-13/h1-10,21H,(H,24,25,26)(H2,19,20,22,23). The molecule has 3 aromatic carbocycles. The maximum Gasteiger partial charge on any atom is 0.420 e. The molecule has 0 aliphatic rings. The van der Waals surface area contributed by atoms with Gasteiger partial charge in [0.1, 0.15) is 11.5 Å². The Morgan fingerprint density at radius 2 is 1.68 bits per heavy atom. The number of benzene rings is 3. The number of ether oxygens (including phenoxy) is 1. The summed E-state index contributed by atoms with van der Waals surface area (Å²) in [5.74, 6) is -0.143. The van der Waals surface area contributed by atoms with E-state index in [2.05, 4.69) is 5.32 Å². The normalized spacial score (nSPS) is 11.0. The van der Waals surface area contributed by atoms with E-state index in [1.54, 1.807) is 30.3 Å². The van der Waals surface area contributed by atoms with Crippen molar-refractivity contribution >= 4 is 38.7 Å². The molecule has 3 rings (SSSR count).